The van der Waals surface area contributed by atoms with Crippen LogP contribution in [0.15, 0.2) is 6.33 Å². The lowest BCUT2D eigenvalue weighted by molar-refractivity contribution is -0.0478. The molecule has 122 valence electrons. The summed E-state index contributed by atoms with van der Waals surface area (Å²) in [6, 6.07) is 0.577. The van der Waals surface area contributed by atoms with E-state index in [2.05, 4.69) is 50.0 Å². The second-order valence-electron chi connectivity index (χ2n) is 5.90. The SMILES string of the molecule is CCCNC(Cc1ncnn1C(C)C)C(CC)(CC)OC. The summed E-state index contributed by atoms with van der Waals surface area (Å²) in [5, 5.41) is 8.01. The molecule has 0 amide bonds. The van der Waals surface area contributed by atoms with Crippen LogP contribution < -0.4 is 5.32 Å². The number of nitrogens with zero attached hydrogens (tertiary/aromatic N) is 3. The Kier molecular flexibility index (Phi) is 7.32. The van der Waals surface area contributed by atoms with Gasteiger partial charge in [-0.25, -0.2) is 9.67 Å². The number of ether oxygens (including phenoxy) is 1. The molecule has 1 N–H and O–H groups in total. The smallest absolute Gasteiger partial charge is 0.138 e. The fourth-order valence-electron chi connectivity index (χ4n) is 2.97. The minimum absolute atomic E-state index is 0.150. The molecule has 0 aliphatic heterocycles. The van der Waals surface area contributed by atoms with E-state index in [0.717, 1.165) is 38.1 Å². The second kappa shape index (κ2) is 8.49. The van der Waals surface area contributed by atoms with Gasteiger partial charge in [-0.15, -0.1) is 0 Å². The van der Waals surface area contributed by atoms with E-state index in [1.54, 1.807) is 6.33 Å². The summed E-state index contributed by atoms with van der Waals surface area (Å²) >= 11 is 0. The van der Waals surface area contributed by atoms with Gasteiger partial charge in [0.05, 0.1) is 5.60 Å². The topological polar surface area (TPSA) is 52.0 Å². The average Bonchev–Trinajstić information content (AvgIpc) is 2.95. The van der Waals surface area contributed by atoms with Gasteiger partial charge in [0.15, 0.2) is 0 Å². The van der Waals surface area contributed by atoms with Gasteiger partial charge in [0.2, 0.25) is 0 Å². The van der Waals surface area contributed by atoms with Crippen LogP contribution in [0.3, 0.4) is 0 Å². The zero-order valence-electron chi connectivity index (χ0n) is 14.5. The van der Waals surface area contributed by atoms with Gasteiger partial charge >= 0.3 is 0 Å². The third-order valence-electron chi connectivity index (χ3n) is 4.40. The molecule has 21 heavy (non-hydrogen) atoms. The first-order valence-electron chi connectivity index (χ1n) is 8.21. The minimum atomic E-state index is -0.150. The van der Waals surface area contributed by atoms with Gasteiger partial charge in [-0.3, -0.25) is 0 Å². The Labute approximate surface area is 129 Å². The van der Waals surface area contributed by atoms with E-state index in [-0.39, 0.29) is 11.6 Å². The summed E-state index contributed by atoms with van der Waals surface area (Å²) in [6.45, 7) is 11.8. The first-order valence-corrected chi connectivity index (χ1v) is 8.21. The monoisotopic (exact) mass is 296 g/mol. The molecule has 0 fully saturated rings. The molecule has 5 heteroatoms. The molecule has 0 spiro atoms. The maximum absolute atomic E-state index is 5.92. The average molecular weight is 296 g/mol. The molecule has 1 aromatic heterocycles. The van der Waals surface area contributed by atoms with Crippen molar-refractivity contribution in [3.05, 3.63) is 12.2 Å². The summed E-state index contributed by atoms with van der Waals surface area (Å²) < 4.78 is 7.93. The van der Waals surface area contributed by atoms with Crippen LogP contribution in [0, 0.1) is 0 Å². The Balaban J connectivity index is 2.99. The highest BCUT2D eigenvalue weighted by Gasteiger charge is 2.36. The van der Waals surface area contributed by atoms with E-state index in [0.29, 0.717) is 6.04 Å². The lowest BCUT2D eigenvalue weighted by Gasteiger charge is -2.39. The first kappa shape index (κ1) is 18.1. The zero-order valence-corrected chi connectivity index (χ0v) is 14.5. The highest BCUT2D eigenvalue weighted by atomic mass is 16.5. The Hall–Kier alpha value is -0.940. The van der Waals surface area contributed by atoms with E-state index in [1.807, 2.05) is 11.8 Å². The fourth-order valence-corrected chi connectivity index (χ4v) is 2.97. The molecule has 5 nitrogen and oxygen atoms in total. The summed E-state index contributed by atoms with van der Waals surface area (Å²) in [6.07, 6.45) is 5.57. The van der Waals surface area contributed by atoms with Crippen LogP contribution in [0.4, 0.5) is 0 Å². The molecule has 0 aliphatic rings. The number of hydrogen-bond donors (Lipinski definition) is 1. The molecule has 1 heterocycles. The molecule has 1 rings (SSSR count). The number of nitrogens with one attached hydrogen (secondary N) is 1. The summed E-state index contributed by atoms with van der Waals surface area (Å²) in [5.74, 6) is 1.03. The third kappa shape index (κ3) is 4.27. The van der Waals surface area contributed by atoms with Gasteiger partial charge in [0.1, 0.15) is 12.2 Å². The van der Waals surface area contributed by atoms with Crippen molar-refractivity contribution in [3.63, 3.8) is 0 Å². The Morgan fingerprint density at radius 3 is 2.43 bits per heavy atom. The van der Waals surface area contributed by atoms with E-state index in [4.69, 9.17) is 4.74 Å². The largest absolute Gasteiger partial charge is 0.377 e. The molecule has 0 saturated heterocycles. The molecule has 0 radical (unpaired) electrons. The number of hydrogen-bond acceptors (Lipinski definition) is 4. The highest BCUT2D eigenvalue weighted by Crippen LogP contribution is 2.26. The molecule has 0 aliphatic carbocycles. The predicted octanol–water partition coefficient (Wildman–Crippen LogP) is 2.97. The normalized spacial score (nSPS) is 13.9. The van der Waals surface area contributed by atoms with Crippen molar-refractivity contribution >= 4 is 0 Å². The van der Waals surface area contributed by atoms with Crippen molar-refractivity contribution in [2.45, 2.75) is 78.0 Å². The lowest BCUT2D eigenvalue weighted by atomic mass is 9.85. The number of rotatable bonds is 10. The maximum Gasteiger partial charge on any atom is 0.138 e. The summed E-state index contributed by atoms with van der Waals surface area (Å²) in [7, 11) is 1.82. The summed E-state index contributed by atoms with van der Waals surface area (Å²) in [5.41, 5.74) is -0.150. The molecule has 0 saturated carbocycles. The third-order valence-corrected chi connectivity index (χ3v) is 4.40. The van der Waals surface area contributed by atoms with Crippen molar-refractivity contribution in [3.8, 4) is 0 Å². The van der Waals surface area contributed by atoms with Crippen LogP contribution in [0.2, 0.25) is 0 Å². The Bertz CT molecular complexity index is 390. The van der Waals surface area contributed by atoms with Crippen molar-refractivity contribution < 1.29 is 4.74 Å². The van der Waals surface area contributed by atoms with E-state index in [1.165, 1.54) is 0 Å². The van der Waals surface area contributed by atoms with Gasteiger partial charge in [-0.05, 0) is 39.7 Å². The van der Waals surface area contributed by atoms with Crippen LogP contribution in [-0.4, -0.2) is 40.1 Å². The number of methoxy groups -OCH3 is 1. The van der Waals surface area contributed by atoms with Crippen LogP contribution in [0.5, 0.6) is 0 Å². The van der Waals surface area contributed by atoms with Crippen molar-refractivity contribution in [2.75, 3.05) is 13.7 Å². The van der Waals surface area contributed by atoms with Gasteiger partial charge in [0.25, 0.3) is 0 Å². The summed E-state index contributed by atoms with van der Waals surface area (Å²) in [4.78, 5) is 4.46. The quantitative estimate of drug-likeness (QED) is 0.721. The first-order chi connectivity index (χ1) is 10.0. The van der Waals surface area contributed by atoms with Crippen LogP contribution in [0.25, 0.3) is 0 Å². The Morgan fingerprint density at radius 1 is 1.29 bits per heavy atom. The second-order valence-corrected chi connectivity index (χ2v) is 5.90. The standard InChI is InChI=1S/C16H32N4O/c1-7-10-17-14(16(8-2,9-3)21-6)11-15-18-12-19-20(15)13(4)5/h12-14,17H,7-11H2,1-6H3. The molecule has 1 aromatic rings. The predicted molar refractivity (Wildman–Crippen MR) is 86.5 cm³/mol. The van der Waals surface area contributed by atoms with E-state index in [9.17, 15) is 0 Å². The van der Waals surface area contributed by atoms with E-state index >= 15 is 0 Å². The molecular formula is C16H32N4O. The molecule has 1 unspecified atom stereocenters. The maximum atomic E-state index is 5.92. The van der Waals surface area contributed by atoms with Gasteiger partial charge in [-0.1, -0.05) is 20.8 Å². The molecule has 0 bridgehead atoms. The van der Waals surface area contributed by atoms with Crippen molar-refractivity contribution in [1.29, 1.82) is 0 Å². The molecular weight excluding hydrogens is 264 g/mol. The number of aromatic nitrogens is 3. The van der Waals surface area contributed by atoms with Crippen LogP contribution in [0.1, 0.15) is 65.7 Å². The van der Waals surface area contributed by atoms with Crippen LogP contribution in [-0.2, 0) is 11.2 Å². The molecule has 0 aromatic carbocycles. The van der Waals surface area contributed by atoms with Crippen molar-refractivity contribution in [2.24, 2.45) is 0 Å². The molecule has 1 atom stereocenters. The van der Waals surface area contributed by atoms with Gasteiger partial charge < -0.3 is 10.1 Å². The highest BCUT2D eigenvalue weighted by molar-refractivity contribution is 5.00. The Morgan fingerprint density at radius 2 is 1.95 bits per heavy atom. The van der Waals surface area contributed by atoms with Crippen molar-refractivity contribution in [1.82, 2.24) is 20.1 Å². The zero-order chi connectivity index (χ0) is 15.9. The minimum Gasteiger partial charge on any atom is -0.377 e. The van der Waals surface area contributed by atoms with Gasteiger partial charge in [-0.2, -0.15) is 5.10 Å². The lowest BCUT2D eigenvalue weighted by Crippen LogP contribution is -2.53. The van der Waals surface area contributed by atoms with Gasteiger partial charge in [0, 0.05) is 25.6 Å². The van der Waals surface area contributed by atoms with Crippen LogP contribution >= 0.6 is 0 Å². The van der Waals surface area contributed by atoms with E-state index < -0.39 is 0 Å². The fraction of sp³-hybridized carbons (Fsp3) is 0.875.